The van der Waals surface area contributed by atoms with E-state index in [1.54, 1.807) is 18.6 Å². The second-order valence-electron chi connectivity index (χ2n) is 13.6. The molecule has 0 saturated carbocycles. The van der Waals surface area contributed by atoms with Crippen LogP contribution in [-0.4, -0.2) is 69.8 Å². The third kappa shape index (κ3) is 8.85. The van der Waals surface area contributed by atoms with Crippen LogP contribution in [-0.2, 0) is 16.1 Å². The molecular formula is C41H43N9O3. The molecule has 53 heavy (non-hydrogen) atoms. The maximum absolute atomic E-state index is 13.3. The van der Waals surface area contributed by atoms with E-state index in [0.717, 1.165) is 66.4 Å². The quantitative estimate of drug-likeness (QED) is 0.118. The fourth-order valence-corrected chi connectivity index (χ4v) is 6.85. The number of imide groups is 1. The highest BCUT2D eigenvalue weighted by Crippen LogP contribution is 2.27. The van der Waals surface area contributed by atoms with Crippen LogP contribution in [0.25, 0.3) is 11.3 Å². The van der Waals surface area contributed by atoms with Gasteiger partial charge in [0.15, 0.2) is 0 Å². The minimum absolute atomic E-state index is 0.183. The van der Waals surface area contributed by atoms with Crippen LogP contribution in [0.4, 0.5) is 28.7 Å². The number of amides is 3. The molecule has 0 spiro atoms. The number of piperidine rings is 2. The zero-order valence-corrected chi connectivity index (χ0v) is 29.9. The highest BCUT2D eigenvalue weighted by molar-refractivity contribution is 6.04. The van der Waals surface area contributed by atoms with E-state index in [0.29, 0.717) is 36.1 Å². The van der Waals surface area contributed by atoms with E-state index in [4.69, 9.17) is 0 Å². The van der Waals surface area contributed by atoms with Crippen LogP contribution in [0.3, 0.4) is 0 Å². The molecule has 2 aliphatic rings. The first-order chi connectivity index (χ1) is 25.8. The Morgan fingerprint density at radius 2 is 1.75 bits per heavy atom. The summed E-state index contributed by atoms with van der Waals surface area (Å²) >= 11 is 0. The predicted octanol–water partition coefficient (Wildman–Crippen LogP) is 6.16. The van der Waals surface area contributed by atoms with Crippen molar-refractivity contribution in [3.63, 3.8) is 0 Å². The summed E-state index contributed by atoms with van der Waals surface area (Å²) in [7, 11) is 2.16. The van der Waals surface area contributed by atoms with Crippen molar-refractivity contribution in [2.45, 2.75) is 51.2 Å². The topological polar surface area (TPSA) is 144 Å². The molecule has 3 amide bonds. The van der Waals surface area contributed by atoms with Gasteiger partial charge < -0.3 is 20.9 Å². The van der Waals surface area contributed by atoms with Crippen molar-refractivity contribution in [2.24, 2.45) is 0 Å². The lowest BCUT2D eigenvalue weighted by Crippen LogP contribution is -2.47. The maximum atomic E-state index is 13.3. The van der Waals surface area contributed by atoms with E-state index in [2.05, 4.69) is 65.2 Å². The van der Waals surface area contributed by atoms with Gasteiger partial charge in [0.2, 0.25) is 17.8 Å². The minimum Gasteiger partial charge on any atom is -0.374 e. The van der Waals surface area contributed by atoms with Crippen LogP contribution >= 0.6 is 0 Å². The second kappa shape index (κ2) is 16.0. The van der Waals surface area contributed by atoms with Gasteiger partial charge in [-0.15, -0.1) is 0 Å². The summed E-state index contributed by atoms with van der Waals surface area (Å²) in [6.45, 7) is 4.63. The largest absolute Gasteiger partial charge is 0.374 e. The molecule has 1 atom stereocenters. The number of carbonyl (C=O) groups is 3. The monoisotopic (exact) mass is 709 g/mol. The standard InChI is InChI=1S/C41H43N9O3/c1-27-8-11-32(24-37(27)47-41-43-20-16-35(46-41)30-6-4-19-42-25-30)45-39(52)29-9-12-34(13-10-29)50-21-17-33(18-22-50)49(2)26-28-5-3-7-31(23-28)44-36-14-15-38(51)48-40(36)53/h3-13,16,19-20,23-25,33,36,44H,14-15,17-18,21-22,26H2,1-2H3,(H,45,52)(H,43,46,47)(H,48,51,53). The fourth-order valence-electron chi connectivity index (χ4n) is 6.85. The number of aromatic nitrogens is 3. The minimum atomic E-state index is -0.401. The number of rotatable bonds is 11. The Balaban J connectivity index is 0.902. The molecule has 0 bridgehead atoms. The van der Waals surface area contributed by atoms with E-state index in [1.807, 2.05) is 79.7 Å². The molecular weight excluding hydrogens is 667 g/mol. The molecule has 4 N–H and O–H groups in total. The van der Waals surface area contributed by atoms with E-state index in [-0.39, 0.29) is 17.7 Å². The Morgan fingerprint density at radius 1 is 0.925 bits per heavy atom. The molecule has 12 heteroatoms. The molecule has 5 aromatic rings. The number of hydrogen-bond donors (Lipinski definition) is 4. The first-order valence-corrected chi connectivity index (χ1v) is 17.9. The lowest BCUT2D eigenvalue weighted by Gasteiger charge is -2.38. The Kier molecular flexibility index (Phi) is 10.7. The lowest BCUT2D eigenvalue weighted by molar-refractivity contribution is -0.133. The average Bonchev–Trinajstić information content (AvgIpc) is 3.18. The van der Waals surface area contributed by atoms with Crippen molar-refractivity contribution < 1.29 is 14.4 Å². The van der Waals surface area contributed by atoms with Gasteiger partial charge in [-0.25, -0.2) is 9.97 Å². The number of anilines is 5. The molecule has 270 valence electrons. The van der Waals surface area contributed by atoms with Crippen molar-refractivity contribution in [2.75, 3.05) is 41.0 Å². The van der Waals surface area contributed by atoms with Crippen LogP contribution in [0, 0.1) is 6.92 Å². The Hall–Kier alpha value is -6.14. The van der Waals surface area contributed by atoms with Gasteiger partial charge in [0.25, 0.3) is 5.91 Å². The van der Waals surface area contributed by atoms with Crippen molar-refractivity contribution in [1.82, 2.24) is 25.2 Å². The zero-order chi connectivity index (χ0) is 36.7. The first-order valence-electron chi connectivity index (χ1n) is 17.9. The van der Waals surface area contributed by atoms with E-state index >= 15 is 0 Å². The number of nitrogens with one attached hydrogen (secondary N) is 4. The van der Waals surface area contributed by atoms with Crippen LogP contribution in [0.5, 0.6) is 0 Å². The normalized spacial score (nSPS) is 16.3. The average molecular weight is 710 g/mol. The van der Waals surface area contributed by atoms with Crippen LogP contribution in [0.15, 0.2) is 104 Å². The summed E-state index contributed by atoms with van der Waals surface area (Å²) in [5.74, 6) is -0.211. The zero-order valence-electron chi connectivity index (χ0n) is 29.9. The molecule has 0 aliphatic carbocycles. The van der Waals surface area contributed by atoms with Gasteiger partial charge in [-0.1, -0.05) is 18.2 Å². The summed E-state index contributed by atoms with van der Waals surface area (Å²) in [4.78, 5) is 54.9. The highest BCUT2D eigenvalue weighted by atomic mass is 16.2. The predicted molar refractivity (Wildman–Crippen MR) is 207 cm³/mol. The lowest BCUT2D eigenvalue weighted by atomic mass is 10.0. The van der Waals surface area contributed by atoms with Gasteiger partial charge in [0, 0.05) is 84.6 Å². The third-order valence-corrected chi connectivity index (χ3v) is 9.88. The molecule has 2 aromatic heterocycles. The smallest absolute Gasteiger partial charge is 0.255 e. The van der Waals surface area contributed by atoms with Gasteiger partial charge in [0.1, 0.15) is 6.04 Å². The summed E-state index contributed by atoms with van der Waals surface area (Å²) in [6.07, 6.45) is 8.09. The molecule has 2 saturated heterocycles. The van der Waals surface area contributed by atoms with Gasteiger partial charge in [0.05, 0.1) is 5.69 Å². The molecule has 1 unspecified atom stereocenters. The van der Waals surface area contributed by atoms with E-state index < -0.39 is 6.04 Å². The number of carbonyl (C=O) groups excluding carboxylic acids is 3. The molecule has 4 heterocycles. The van der Waals surface area contributed by atoms with Crippen LogP contribution in [0.1, 0.15) is 47.2 Å². The fraction of sp³-hybridized carbons (Fsp3) is 0.268. The Bertz CT molecular complexity index is 2080. The summed E-state index contributed by atoms with van der Waals surface area (Å²) in [5, 5.41) is 12.0. The van der Waals surface area contributed by atoms with Gasteiger partial charge in [-0.2, -0.15) is 0 Å². The summed E-state index contributed by atoms with van der Waals surface area (Å²) < 4.78 is 0. The number of nitrogens with zero attached hydrogens (tertiary/aromatic N) is 5. The number of benzene rings is 3. The van der Waals surface area contributed by atoms with Crippen molar-refractivity contribution in [3.8, 4) is 11.3 Å². The molecule has 3 aromatic carbocycles. The molecule has 12 nitrogen and oxygen atoms in total. The number of hydrogen-bond acceptors (Lipinski definition) is 10. The number of pyridine rings is 1. The number of aryl methyl sites for hydroxylation is 1. The highest BCUT2D eigenvalue weighted by Gasteiger charge is 2.27. The second-order valence-corrected chi connectivity index (χ2v) is 13.6. The molecule has 0 radical (unpaired) electrons. The molecule has 2 aliphatic heterocycles. The van der Waals surface area contributed by atoms with Crippen LogP contribution in [0.2, 0.25) is 0 Å². The maximum Gasteiger partial charge on any atom is 0.255 e. The Labute approximate surface area is 309 Å². The van der Waals surface area contributed by atoms with E-state index in [9.17, 15) is 14.4 Å². The van der Waals surface area contributed by atoms with Crippen LogP contribution < -0.4 is 26.2 Å². The van der Waals surface area contributed by atoms with Gasteiger partial charge in [-0.3, -0.25) is 29.6 Å². The van der Waals surface area contributed by atoms with Gasteiger partial charge >= 0.3 is 0 Å². The molecule has 7 rings (SSSR count). The van der Waals surface area contributed by atoms with Crippen molar-refractivity contribution in [1.29, 1.82) is 0 Å². The first kappa shape index (κ1) is 35.3. The SMILES string of the molecule is Cc1ccc(NC(=O)c2ccc(N3CCC(N(C)Cc4cccc(NC5CCC(=O)NC5=O)c4)CC3)cc2)cc1Nc1nccc(-c2cccnc2)n1. The van der Waals surface area contributed by atoms with Crippen molar-refractivity contribution >= 4 is 46.4 Å². The summed E-state index contributed by atoms with van der Waals surface area (Å²) in [6, 6.07) is 27.4. The molecule has 2 fully saturated rings. The summed E-state index contributed by atoms with van der Waals surface area (Å²) in [5.41, 5.74) is 7.85. The third-order valence-electron chi connectivity index (χ3n) is 9.88. The Morgan fingerprint density at radius 3 is 2.53 bits per heavy atom. The van der Waals surface area contributed by atoms with E-state index in [1.165, 1.54) is 5.56 Å². The van der Waals surface area contributed by atoms with Crippen molar-refractivity contribution in [3.05, 3.63) is 120 Å². The van der Waals surface area contributed by atoms with Gasteiger partial charge in [-0.05, 0) is 111 Å².